The van der Waals surface area contributed by atoms with Gasteiger partial charge >= 0.3 is 0 Å². The number of rotatable bonds is 6. The lowest BCUT2D eigenvalue weighted by Gasteiger charge is -2.23. The first-order valence-electron chi connectivity index (χ1n) is 9.41. The summed E-state index contributed by atoms with van der Waals surface area (Å²) in [5.41, 5.74) is 4.10. The molecule has 1 N–H and O–H groups in total. The average molecular weight is 416 g/mol. The van der Waals surface area contributed by atoms with E-state index < -0.39 is 6.10 Å². The summed E-state index contributed by atoms with van der Waals surface area (Å²) < 4.78 is 6.76. The van der Waals surface area contributed by atoms with Gasteiger partial charge in [-0.15, -0.1) is 0 Å². The maximum absolute atomic E-state index is 12.6. The molecule has 0 bridgehead atoms. The Labute approximate surface area is 164 Å². The molecule has 1 amide bonds. The van der Waals surface area contributed by atoms with Crippen molar-refractivity contribution in [1.82, 2.24) is 5.32 Å². The van der Waals surface area contributed by atoms with Crippen molar-refractivity contribution < 1.29 is 9.53 Å². The van der Waals surface area contributed by atoms with Gasteiger partial charge in [-0.3, -0.25) is 4.79 Å². The molecule has 2 aromatic rings. The fourth-order valence-corrected chi connectivity index (χ4v) is 3.72. The van der Waals surface area contributed by atoms with E-state index in [1.54, 1.807) is 6.92 Å². The van der Waals surface area contributed by atoms with Gasteiger partial charge in [-0.1, -0.05) is 41.1 Å². The second kappa shape index (κ2) is 8.72. The maximum atomic E-state index is 12.6. The van der Waals surface area contributed by atoms with Crippen molar-refractivity contribution in [3.8, 4) is 5.75 Å². The summed E-state index contributed by atoms with van der Waals surface area (Å²) in [6.45, 7) is 3.89. The third-order valence-corrected chi connectivity index (χ3v) is 5.52. The lowest BCUT2D eigenvalue weighted by atomic mass is 9.89. The topological polar surface area (TPSA) is 38.3 Å². The van der Waals surface area contributed by atoms with Crippen LogP contribution in [0.4, 0.5) is 0 Å². The number of nitrogens with one attached hydrogen (secondary N) is 1. The van der Waals surface area contributed by atoms with Gasteiger partial charge in [-0.2, -0.15) is 0 Å². The Morgan fingerprint density at radius 1 is 1.12 bits per heavy atom. The maximum Gasteiger partial charge on any atom is 0.261 e. The van der Waals surface area contributed by atoms with E-state index in [2.05, 4.69) is 46.4 Å². The van der Waals surface area contributed by atoms with E-state index in [1.807, 2.05) is 24.3 Å². The second-order valence-electron chi connectivity index (χ2n) is 6.92. The van der Waals surface area contributed by atoms with Crippen LogP contribution >= 0.6 is 15.9 Å². The van der Waals surface area contributed by atoms with Crippen molar-refractivity contribution in [2.75, 3.05) is 0 Å². The van der Waals surface area contributed by atoms with Crippen LogP contribution in [0.15, 0.2) is 46.9 Å². The molecule has 0 fully saturated rings. The van der Waals surface area contributed by atoms with Crippen molar-refractivity contribution >= 4 is 21.8 Å². The molecule has 2 atom stereocenters. The number of carbonyl (C=O) groups excluding carboxylic acids is 1. The van der Waals surface area contributed by atoms with Crippen LogP contribution < -0.4 is 10.1 Å². The van der Waals surface area contributed by atoms with Gasteiger partial charge in [0.25, 0.3) is 5.91 Å². The number of aryl methyl sites for hydroxylation is 2. The molecular formula is C22H26BrNO2. The lowest BCUT2D eigenvalue weighted by Crippen LogP contribution is -2.38. The molecule has 0 unspecified atom stereocenters. The fourth-order valence-electron chi connectivity index (χ4n) is 3.45. The third-order valence-electron chi connectivity index (χ3n) is 5.00. The minimum atomic E-state index is -0.539. The number of amides is 1. The van der Waals surface area contributed by atoms with E-state index in [9.17, 15) is 4.79 Å². The van der Waals surface area contributed by atoms with E-state index >= 15 is 0 Å². The lowest BCUT2D eigenvalue weighted by molar-refractivity contribution is -0.128. The number of carbonyl (C=O) groups is 1. The first-order chi connectivity index (χ1) is 12.6. The number of halogens is 1. The predicted molar refractivity (Wildman–Crippen MR) is 108 cm³/mol. The summed E-state index contributed by atoms with van der Waals surface area (Å²) in [7, 11) is 0. The van der Waals surface area contributed by atoms with Crippen LogP contribution in [0.25, 0.3) is 0 Å². The summed E-state index contributed by atoms with van der Waals surface area (Å²) in [5, 5.41) is 3.15. The number of benzene rings is 2. The minimum Gasteiger partial charge on any atom is -0.481 e. The average Bonchev–Trinajstić information content (AvgIpc) is 2.67. The quantitative estimate of drug-likeness (QED) is 0.688. The van der Waals surface area contributed by atoms with Crippen LogP contribution in [-0.2, 0) is 17.6 Å². The monoisotopic (exact) mass is 415 g/mol. The molecule has 138 valence electrons. The van der Waals surface area contributed by atoms with Crippen molar-refractivity contribution in [3.05, 3.63) is 63.6 Å². The number of hydrogen-bond donors (Lipinski definition) is 1. The molecule has 0 saturated carbocycles. The van der Waals surface area contributed by atoms with Gasteiger partial charge in [0.05, 0.1) is 6.04 Å². The molecule has 0 aromatic heterocycles. The van der Waals surface area contributed by atoms with Crippen LogP contribution in [0.3, 0.4) is 0 Å². The number of fused-ring (bicyclic) bond motifs is 1. The van der Waals surface area contributed by atoms with Crippen LogP contribution in [0, 0.1) is 0 Å². The molecule has 0 heterocycles. The van der Waals surface area contributed by atoms with Crippen molar-refractivity contribution in [3.63, 3.8) is 0 Å². The van der Waals surface area contributed by atoms with Gasteiger partial charge in [0.2, 0.25) is 0 Å². The zero-order valence-electron chi connectivity index (χ0n) is 15.4. The number of hydrogen-bond acceptors (Lipinski definition) is 2. The summed E-state index contributed by atoms with van der Waals surface area (Å²) in [5.74, 6) is 0.607. The molecule has 0 aliphatic heterocycles. The normalized spacial score (nSPS) is 15.7. The first-order valence-corrected chi connectivity index (χ1v) is 10.2. The molecule has 1 aliphatic carbocycles. The first kappa shape index (κ1) is 19.0. The zero-order chi connectivity index (χ0) is 18.5. The predicted octanol–water partition coefficient (Wildman–Crippen LogP) is 5.36. The van der Waals surface area contributed by atoms with E-state index in [4.69, 9.17) is 4.74 Å². The molecule has 3 nitrogen and oxygen atoms in total. The van der Waals surface area contributed by atoms with Crippen molar-refractivity contribution in [2.45, 2.75) is 58.1 Å². The molecule has 26 heavy (non-hydrogen) atoms. The van der Waals surface area contributed by atoms with Gasteiger partial charge < -0.3 is 10.1 Å². The molecule has 4 heteroatoms. The van der Waals surface area contributed by atoms with Crippen LogP contribution in [-0.4, -0.2) is 12.0 Å². The second-order valence-corrected chi connectivity index (χ2v) is 7.83. The molecule has 0 radical (unpaired) electrons. The smallest absolute Gasteiger partial charge is 0.261 e. The van der Waals surface area contributed by atoms with E-state index in [1.165, 1.54) is 36.0 Å². The highest BCUT2D eigenvalue weighted by Gasteiger charge is 2.20. The molecule has 0 spiro atoms. The largest absolute Gasteiger partial charge is 0.481 e. The highest BCUT2D eigenvalue weighted by Crippen LogP contribution is 2.26. The summed E-state index contributed by atoms with van der Waals surface area (Å²) in [6.07, 6.45) is 5.19. The summed E-state index contributed by atoms with van der Waals surface area (Å²) in [4.78, 5) is 12.6. The summed E-state index contributed by atoms with van der Waals surface area (Å²) >= 11 is 3.40. The Hall–Kier alpha value is -1.81. The van der Waals surface area contributed by atoms with Crippen molar-refractivity contribution in [2.24, 2.45) is 0 Å². The highest BCUT2D eigenvalue weighted by molar-refractivity contribution is 9.10. The Bertz CT molecular complexity index is 757. The molecule has 1 aliphatic rings. The van der Waals surface area contributed by atoms with Crippen molar-refractivity contribution in [1.29, 1.82) is 0 Å². The standard InChI is InChI=1S/C22H26BrNO2/c1-3-21(18-9-8-16-6-4-5-7-17(16)14-18)24-22(25)15(2)26-20-12-10-19(23)11-13-20/h8-15,21H,3-7H2,1-2H3,(H,24,25)/t15-,21-/m0/s1. The van der Waals surface area contributed by atoms with Crippen LogP contribution in [0.1, 0.15) is 55.8 Å². The van der Waals surface area contributed by atoms with Gasteiger partial charge in [0, 0.05) is 4.47 Å². The molecule has 0 saturated heterocycles. The Kier molecular flexibility index (Phi) is 6.36. The molecule has 2 aromatic carbocycles. The van der Waals surface area contributed by atoms with E-state index in [0.717, 1.165) is 17.3 Å². The minimum absolute atomic E-state index is 0.0192. The fraction of sp³-hybridized carbons (Fsp3) is 0.409. The van der Waals surface area contributed by atoms with E-state index in [0.29, 0.717) is 5.75 Å². The van der Waals surface area contributed by atoms with Gasteiger partial charge in [-0.05, 0) is 80.0 Å². The Morgan fingerprint density at radius 3 is 2.50 bits per heavy atom. The van der Waals surface area contributed by atoms with Gasteiger partial charge in [-0.25, -0.2) is 0 Å². The van der Waals surface area contributed by atoms with Gasteiger partial charge in [0.1, 0.15) is 5.75 Å². The third kappa shape index (κ3) is 4.67. The van der Waals surface area contributed by atoms with Gasteiger partial charge in [0.15, 0.2) is 6.10 Å². The Balaban J connectivity index is 1.65. The molecular weight excluding hydrogens is 390 g/mol. The number of ether oxygens (including phenoxy) is 1. The zero-order valence-corrected chi connectivity index (χ0v) is 17.0. The highest BCUT2D eigenvalue weighted by atomic mass is 79.9. The summed E-state index contributed by atoms with van der Waals surface area (Å²) in [6, 6.07) is 14.2. The molecule has 3 rings (SSSR count). The Morgan fingerprint density at radius 2 is 1.81 bits per heavy atom. The van der Waals surface area contributed by atoms with Crippen LogP contribution in [0.5, 0.6) is 5.75 Å². The SMILES string of the molecule is CC[C@H](NC(=O)[C@H](C)Oc1ccc(Br)cc1)c1ccc2c(c1)CCCC2. The van der Waals surface area contributed by atoms with E-state index in [-0.39, 0.29) is 11.9 Å². The van der Waals surface area contributed by atoms with Crippen LogP contribution in [0.2, 0.25) is 0 Å².